The van der Waals surface area contributed by atoms with Crippen LogP contribution in [0.1, 0.15) is 20.1 Å². The Labute approximate surface area is 179 Å². The lowest BCUT2D eigenvalue weighted by Gasteiger charge is -2.26. The first-order valence-electron chi connectivity index (χ1n) is 9.13. The molecule has 4 aromatic rings. The molecule has 0 fully saturated rings. The molecule has 0 spiro atoms. The molecule has 29 heavy (non-hydrogen) atoms. The highest BCUT2D eigenvalue weighted by molar-refractivity contribution is 7.26. The lowest BCUT2D eigenvalue weighted by atomic mass is 10.1. The smallest absolute Gasteiger partial charge is 0.348 e. The Hall–Kier alpha value is -2.55. The van der Waals surface area contributed by atoms with Gasteiger partial charge in [-0.2, -0.15) is 0 Å². The van der Waals surface area contributed by atoms with Crippen LogP contribution in [0.15, 0.2) is 47.8 Å². The molecular formula is C21H16N2O3S3. The molecule has 0 atom stereocenters. The van der Waals surface area contributed by atoms with Crippen molar-refractivity contribution in [1.82, 2.24) is 9.88 Å². The van der Waals surface area contributed by atoms with E-state index in [1.165, 1.54) is 21.8 Å². The Kier molecular flexibility index (Phi) is 4.91. The van der Waals surface area contributed by atoms with Gasteiger partial charge in [-0.05, 0) is 47.7 Å². The van der Waals surface area contributed by atoms with Crippen molar-refractivity contribution in [3.05, 3.63) is 63.2 Å². The number of thiazole rings is 1. The number of nitrogens with zero attached hydrogens (tertiary/aromatic N) is 2. The summed E-state index contributed by atoms with van der Waals surface area (Å²) in [4.78, 5) is 34.0. The van der Waals surface area contributed by atoms with Crippen molar-refractivity contribution in [2.45, 2.75) is 13.0 Å². The molecule has 4 heterocycles. The summed E-state index contributed by atoms with van der Waals surface area (Å²) >= 11 is 4.66. The minimum atomic E-state index is -0.469. The van der Waals surface area contributed by atoms with Gasteiger partial charge in [-0.15, -0.1) is 34.0 Å². The number of rotatable bonds is 4. The summed E-state index contributed by atoms with van der Waals surface area (Å²) in [5, 5.41) is 2.93. The summed E-state index contributed by atoms with van der Waals surface area (Å²) in [5.41, 5.74) is 2.14. The zero-order chi connectivity index (χ0) is 19.8. The second-order valence-electron chi connectivity index (χ2n) is 6.66. The SMILES string of the molecule is O=C(OCC(=O)N1CCc2sccc2C1)c1ccc(-c2nc3ccccc3s2)s1. The lowest BCUT2D eigenvalue weighted by Crippen LogP contribution is -2.38. The topological polar surface area (TPSA) is 59.5 Å². The second kappa shape index (κ2) is 7.70. The van der Waals surface area contributed by atoms with E-state index in [0.717, 1.165) is 26.5 Å². The maximum atomic E-state index is 12.4. The van der Waals surface area contributed by atoms with Gasteiger partial charge in [-0.1, -0.05) is 12.1 Å². The maximum absolute atomic E-state index is 12.4. The van der Waals surface area contributed by atoms with Crippen LogP contribution in [0.3, 0.4) is 0 Å². The van der Waals surface area contributed by atoms with Crippen molar-refractivity contribution in [3.8, 4) is 9.88 Å². The molecule has 1 aliphatic rings. The van der Waals surface area contributed by atoms with E-state index in [-0.39, 0.29) is 12.5 Å². The number of thiophene rings is 2. The first-order valence-corrected chi connectivity index (χ1v) is 11.6. The number of hydrogen-bond donors (Lipinski definition) is 0. The highest BCUT2D eigenvalue weighted by atomic mass is 32.1. The first-order chi connectivity index (χ1) is 14.2. The molecule has 0 radical (unpaired) electrons. The first kappa shape index (κ1) is 18.5. The van der Waals surface area contributed by atoms with E-state index in [0.29, 0.717) is 18.0 Å². The maximum Gasteiger partial charge on any atom is 0.348 e. The van der Waals surface area contributed by atoms with E-state index in [1.54, 1.807) is 33.6 Å². The van der Waals surface area contributed by atoms with Gasteiger partial charge >= 0.3 is 5.97 Å². The van der Waals surface area contributed by atoms with Crippen LogP contribution < -0.4 is 0 Å². The molecule has 8 heteroatoms. The summed E-state index contributed by atoms with van der Waals surface area (Å²) in [7, 11) is 0. The molecule has 1 aromatic carbocycles. The lowest BCUT2D eigenvalue weighted by molar-refractivity contribution is -0.135. The van der Waals surface area contributed by atoms with Gasteiger partial charge in [-0.3, -0.25) is 4.79 Å². The molecular weight excluding hydrogens is 424 g/mol. The standard InChI is InChI=1S/C21H16N2O3S3/c24-19(23-9-7-15-13(11-23)8-10-27-15)12-26-21(25)18-6-5-17(28-18)20-22-14-3-1-2-4-16(14)29-20/h1-6,8,10H,7,9,11-12H2. The van der Waals surface area contributed by atoms with Crippen LogP contribution in [-0.4, -0.2) is 34.9 Å². The fourth-order valence-corrected chi connectivity index (χ4v) is 6.10. The van der Waals surface area contributed by atoms with E-state index in [9.17, 15) is 9.59 Å². The summed E-state index contributed by atoms with van der Waals surface area (Å²) in [5.74, 6) is -0.623. The molecule has 0 bridgehead atoms. The van der Waals surface area contributed by atoms with Crippen LogP contribution in [0.5, 0.6) is 0 Å². The van der Waals surface area contributed by atoms with Gasteiger partial charge < -0.3 is 9.64 Å². The highest BCUT2D eigenvalue weighted by Gasteiger charge is 2.23. The van der Waals surface area contributed by atoms with Crippen molar-refractivity contribution in [1.29, 1.82) is 0 Å². The molecule has 146 valence electrons. The minimum absolute atomic E-state index is 0.154. The predicted octanol–water partition coefficient (Wildman–Crippen LogP) is 4.83. The average molecular weight is 441 g/mol. The fourth-order valence-electron chi connectivity index (χ4n) is 3.29. The molecule has 0 aliphatic carbocycles. The Bertz CT molecular complexity index is 1170. The van der Waals surface area contributed by atoms with Gasteiger partial charge in [0.25, 0.3) is 5.91 Å². The van der Waals surface area contributed by atoms with Crippen LogP contribution in [-0.2, 0) is 22.5 Å². The van der Waals surface area contributed by atoms with Gasteiger partial charge in [0.15, 0.2) is 6.61 Å². The van der Waals surface area contributed by atoms with Crippen LogP contribution in [0.2, 0.25) is 0 Å². The van der Waals surface area contributed by atoms with Gasteiger partial charge in [0.2, 0.25) is 0 Å². The number of carbonyl (C=O) groups is 2. The number of ether oxygens (including phenoxy) is 1. The van der Waals surface area contributed by atoms with E-state index < -0.39 is 5.97 Å². The fraction of sp³-hybridized carbons (Fsp3) is 0.190. The summed E-state index contributed by atoms with van der Waals surface area (Å²) in [6, 6.07) is 13.6. The van der Waals surface area contributed by atoms with Crippen LogP contribution in [0.25, 0.3) is 20.1 Å². The molecule has 3 aromatic heterocycles. The van der Waals surface area contributed by atoms with Crippen LogP contribution >= 0.6 is 34.0 Å². The van der Waals surface area contributed by atoms with Gasteiger partial charge in [0, 0.05) is 18.0 Å². The molecule has 0 N–H and O–H groups in total. The number of benzene rings is 1. The number of carbonyl (C=O) groups excluding carboxylic acids is 2. The largest absolute Gasteiger partial charge is 0.451 e. The Morgan fingerprint density at radius 3 is 2.90 bits per heavy atom. The number of esters is 1. The van der Waals surface area contributed by atoms with Crippen LogP contribution in [0, 0.1) is 0 Å². The van der Waals surface area contributed by atoms with Crippen molar-refractivity contribution in [2.75, 3.05) is 13.2 Å². The van der Waals surface area contributed by atoms with Crippen molar-refractivity contribution in [3.63, 3.8) is 0 Å². The monoisotopic (exact) mass is 440 g/mol. The molecule has 5 nitrogen and oxygen atoms in total. The molecule has 1 aliphatic heterocycles. The summed E-state index contributed by atoms with van der Waals surface area (Å²) in [6.45, 7) is 1.04. The van der Waals surface area contributed by atoms with Gasteiger partial charge in [-0.25, -0.2) is 9.78 Å². The molecule has 0 saturated heterocycles. The average Bonchev–Trinajstić information content (AvgIpc) is 3.49. The number of aromatic nitrogens is 1. The minimum Gasteiger partial charge on any atom is -0.451 e. The highest BCUT2D eigenvalue weighted by Crippen LogP contribution is 2.34. The normalized spacial score (nSPS) is 13.4. The van der Waals surface area contributed by atoms with Crippen molar-refractivity contribution < 1.29 is 14.3 Å². The van der Waals surface area contributed by atoms with Gasteiger partial charge in [0.1, 0.15) is 9.88 Å². The Morgan fingerprint density at radius 1 is 1.10 bits per heavy atom. The number of amides is 1. The zero-order valence-corrected chi connectivity index (χ0v) is 17.7. The van der Waals surface area contributed by atoms with E-state index in [1.807, 2.05) is 30.3 Å². The number of para-hydroxylation sites is 1. The van der Waals surface area contributed by atoms with Gasteiger partial charge in [0.05, 0.1) is 15.1 Å². The number of hydrogen-bond acceptors (Lipinski definition) is 7. The molecule has 1 amide bonds. The second-order valence-corrected chi connectivity index (χ2v) is 9.78. The van der Waals surface area contributed by atoms with E-state index >= 15 is 0 Å². The van der Waals surface area contributed by atoms with E-state index in [2.05, 4.69) is 16.4 Å². The van der Waals surface area contributed by atoms with E-state index in [4.69, 9.17) is 4.74 Å². The number of fused-ring (bicyclic) bond motifs is 2. The third kappa shape index (κ3) is 3.71. The summed E-state index contributed by atoms with van der Waals surface area (Å²) in [6.07, 6.45) is 0.864. The molecule has 0 unspecified atom stereocenters. The van der Waals surface area contributed by atoms with Crippen molar-refractivity contribution >= 4 is 56.1 Å². The third-order valence-corrected chi connectivity index (χ3v) is 8.09. The zero-order valence-electron chi connectivity index (χ0n) is 15.3. The summed E-state index contributed by atoms with van der Waals surface area (Å²) < 4.78 is 6.40. The van der Waals surface area contributed by atoms with Crippen molar-refractivity contribution in [2.24, 2.45) is 0 Å². The predicted molar refractivity (Wildman–Crippen MR) is 117 cm³/mol. The van der Waals surface area contributed by atoms with Crippen LogP contribution in [0.4, 0.5) is 0 Å². The molecule has 5 rings (SSSR count). The Morgan fingerprint density at radius 2 is 2.00 bits per heavy atom. The third-order valence-electron chi connectivity index (χ3n) is 4.80. The Balaban J connectivity index is 1.22. The molecule has 0 saturated carbocycles. The quantitative estimate of drug-likeness (QED) is 0.427.